The molecule has 0 aromatic heterocycles. The van der Waals surface area contributed by atoms with Gasteiger partial charge in [0.25, 0.3) is 0 Å². The molecule has 16 fully saturated rings. The lowest BCUT2D eigenvalue weighted by atomic mass is 9.43. The third kappa shape index (κ3) is 13.9. The molecule has 0 heterocycles. The summed E-state index contributed by atoms with van der Waals surface area (Å²) in [6.07, 6.45) is 25.1. The number of fused-ring (bicyclic) bond motifs is 20. The van der Waals surface area contributed by atoms with Crippen LogP contribution in [0.1, 0.15) is 314 Å². The zero-order valence-corrected chi connectivity index (χ0v) is 73.7. The number of carbonyl (C=O) groups is 4. The number of ether oxygens (including phenoxy) is 1. The molecule has 0 aromatic rings. The molecule has 16 saturated carbocycles. The van der Waals surface area contributed by atoms with Crippen LogP contribution >= 0.6 is 0 Å². The summed E-state index contributed by atoms with van der Waals surface area (Å²) >= 11 is 0. The molecular formula is C97H158N6O13. The van der Waals surface area contributed by atoms with Crippen LogP contribution in [0.2, 0.25) is 0 Å². The highest BCUT2D eigenvalue weighted by Crippen LogP contribution is 2.74. The molecule has 16 rings (SSSR count). The van der Waals surface area contributed by atoms with Gasteiger partial charge >= 0.3 is 5.97 Å². The van der Waals surface area contributed by atoms with Gasteiger partial charge in [0.05, 0.1) is 55.9 Å². The summed E-state index contributed by atoms with van der Waals surface area (Å²) in [5.74, 6) is 5.23. The van der Waals surface area contributed by atoms with E-state index in [1.54, 1.807) is 0 Å². The predicted molar refractivity (Wildman–Crippen MR) is 446 cm³/mol. The molecule has 19 nitrogen and oxygen atoms in total. The fourth-order valence-electron chi connectivity index (χ4n) is 36.4. The minimum atomic E-state index is -0.509. The lowest BCUT2D eigenvalue weighted by molar-refractivity contribution is -0.202. The molecule has 654 valence electrons. The van der Waals surface area contributed by atoms with Crippen molar-refractivity contribution in [2.45, 2.75) is 387 Å². The van der Waals surface area contributed by atoms with E-state index in [1.165, 1.54) is 7.11 Å². The number of aliphatic hydroxyl groups is 8. The maximum atomic E-state index is 14.2. The van der Waals surface area contributed by atoms with Crippen molar-refractivity contribution in [3.8, 4) is 0 Å². The van der Waals surface area contributed by atoms with Gasteiger partial charge in [-0.05, 0) is 396 Å². The molecule has 0 spiro atoms. The number of rotatable bonds is 20. The van der Waals surface area contributed by atoms with E-state index in [0.717, 1.165) is 167 Å². The fraction of sp³-hybridized carbons (Fsp3) is 0.959. The van der Waals surface area contributed by atoms with Gasteiger partial charge in [0.15, 0.2) is 0 Å². The second-order valence-electron chi connectivity index (χ2n) is 46.8. The number of amides is 3. The van der Waals surface area contributed by atoms with E-state index in [9.17, 15) is 65.6 Å². The van der Waals surface area contributed by atoms with Gasteiger partial charge in [-0.25, -0.2) is 0 Å². The summed E-state index contributed by atoms with van der Waals surface area (Å²) in [5, 5.41) is 113. The van der Waals surface area contributed by atoms with Gasteiger partial charge < -0.3 is 61.5 Å². The summed E-state index contributed by atoms with van der Waals surface area (Å²) in [6, 6.07) is 0.105. The molecule has 16 aliphatic rings. The first-order valence-electron chi connectivity index (χ1n) is 48.3. The van der Waals surface area contributed by atoms with Crippen LogP contribution in [0.3, 0.4) is 0 Å². The van der Waals surface area contributed by atoms with Crippen molar-refractivity contribution in [2.75, 3.05) is 7.11 Å². The van der Waals surface area contributed by atoms with Crippen molar-refractivity contribution < 1.29 is 64.8 Å². The quantitative estimate of drug-likeness (QED) is 0.0234. The normalized spacial score (nSPS) is 53.1. The van der Waals surface area contributed by atoms with Crippen molar-refractivity contribution in [3.05, 3.63) is 10.4 Å². The molecule has 3 amide bonds. The third-order valence-corrected chi connectivity index (χ3v) is 43.0. The van der Waals surface area contributed by atoms with Gasteiger partial charge in [-0.15, -0.1) is 0 Å². The minimum Gasteiger partial charge on any atom is -0.469 e. The number of nitrogens with zero attached hydrogens (tertiary/aromatic N) is 3. The zero-order valence-electron chi connectivity index (χ0n) is 73.7. The van der Waals surface area contributed by atoms with E-state index in [-0.39, 0.29) is 233 Å². The highest BCUT2D eigenvalue weighted by atomic mass is 16.5. The second-order valence-corrected chi connectivity index (χ2v) is 46.8. The first-order valence-corrected chi connectivity index (χ1v) is 48.3. The van der Waals surface area contributed by atoms with E-state index in [2.05, 4.69) is 109 Å². The van der Waals surface area contributed by atoms with Crippen molar-refractivity contribution >= 4 is 23.7 Å². The Hall–Kier alpha value is -3.13. The monoisotopic (exact) mass is 1620 g/mol. The molecule has 16 aliphatic carbocycles. The van der Waals surface area contributed by atoms with E-state index in [0.29, 0.717) is 64.2 Å². The lowest BCUT2D eigenvalue weighted by Gasteiger charge is -2.64. The Morgan fingerprint density at radius 2 is 0.621 bits per heavy atom. The van der Waals surface area contributed by atoms with Crippen LogP contribution in [0.25, 0.3) is 10.4 Å². The van der Waals surface area contributed by atoms with Crippen molar-refractivity contribution in [1.82, 2.24) is 16.0 Å². The molecule has 0 aromatic carbocycles. The number of esters is 1. The molecule has 0 bridgehead atoms. The third-order valence-electron chi connectivity index (χ3n) is 43.0. The lowest BCUT2D eigenvalue weighted by Crippen LogP contribution is -2.63. The van der Waals surface area contributed by atoms with Crippen LogP contribution in [-0.2, 0) is 23.9 Å². The van der Waals surface area contributed by atoms with Crippen molar-refractivity contribution in [3.63, 3.8) is 0 Å². The van der Waals surface area contributed by atoms with E-state index >= 15 is 0 Å². The van der Waals surface area contributed by atoms with Gasteiger partial charge in [-0.1, -0.05) is 88.2 Å². The first-order chi connectivity index (χ1) is 54.9. The Labute approximate surface area is 696 Å². The summed E-state index contributed by atoms with van der Waals surface area (Å²) in [5.41, 5.74) is 7.74. The van der Waals surface area contributed by atoms with Crippen molar-refractivity contribution in [2.24, 2.45) is 190 Å². The highest BCUT2D eigenvalue weighted by molar-refractivity contribution is 5.77. The SMILES string of the molecule is COC(=O)CC[C@@H](C)C1CCC2[C@@H]3C(CC(O)C21C)C1(C)CC[C@@H](NC(=O)CC[C@@H](C)C2CCC4[C@@H]5C(CC(O)C42C)C2(C)CC[C@@H](NC(=O)CC[C@@H](C)C4CCC6[C@@H]7C(CC(O)C64C)C4(C)CC[C@@H](NC(=O)CC[C@@H](C)C6CCC8[C@@H]9C(CC(O)C86C)C6(C)CC[C@@H](N=[N+]=[N-])C[C@H]6C[C@@H]9O)C[C@H]4C[C@@H]7O)C[C@H]2C[C@@H]5O)C[C@H]1C[C@@H]3O. The first kappa shape index (κ1) is 86.4. The Kier molecular flexibility index (Phi) is 23.9. The molecule has 11 N–H and O–H groups in total. The number of hydrogen-bond donors (Lipinski definition) is 11. The number of azide groups is 1. The molecule has 0 saturated heterocycles. The maximum Gasteiger partial charge on any atom is 0.305 e. The van der Waals surface area contributed by atoms with Crippen LogP contribution in [0, 0.1) is 185 Å². The van der Waals surface area contributed by atoms with Gasteiger partial charge in [0.2, 0.25) is 17.7 Å². The Bertz CT molecular complexity index is 3640. The van der Waals surface area contributed by atoms with Crippen LogP contribution in [0.5, 0.6) is 0 Å². The number of carbonyl (C=O) groups excluding carboxylic acids is 4. The molecule has 44 atom stereocenters. The average Bonchev–Trinajstić information content (AvgIpc) is 1.41. The molecule has 116 heavy (non-hydrogen) atoms. The number of aliphatic hydroxyl groups excluding tert-OH is 8. The summed E-state index contributed by atoms with van der Waals surface area (Å²) in [6.45, 7) is 28.0. The van der Waals surface area contributed by atoms with Crippen LogP contribution in [0.4, 0.5) is 0 Å². The highest BCUT2D eigenvalue weighted by Gasteiger charge is 2.72. The van der Waals surface area contributed by atoms with Gasteiger partial charge in [0, 0.05) is 54.8 Å². The molecule has 19 heteroatoms. The summed E-state index contributed by atoms with van der Waals surface area (Å²) in [4.78, 5) is 57.6. The molecule has 24 unspecified atom stereocenters. The van der Waals surface area contributed by atoms with Gasteiger partial charge in [0.1, 0.15) is 0 Å². The molecule has 0 radical (unpaired) electrons. The van der Waals surface area contributed by atoms with E-state index in [1.807, 2.05) is 0 Å². The Morgan fingerprint density at radius 1 is 0.362 bits per heavy atom. The molecule has 0 aliphatic heterocycles. The minimum absolute atomic E-state index is 0.0101. The van der Waals surface area contributed by atoms with Crippen LogP contribution in [0.15, 0.2) is 5.11 Å². The largest absolute Gasteiger partial charge is 0.469 e. The van der Waals surface area contributed by atoms with Crippen LogP contribution < -0.4 is 16.0 Å². The Balaban J connectivity index is 0.467. The smallest absolute Gasteiger partial charge is 0.305 e. The maximum absolute atomic E-state index is 14.2. The summed E-state index contributed by atoms with van der Waals surface area (Å²) < 4.78 is 4.97. The van der Waals surface area contributed by atoms with Crippen molar-refractivity contribution in [1.29, 1.82) is 0 Å². The zero-order chi connectivity index (χ0) is 82.8. The predicted octanol–water partition coefficient (Wildman–Crippen LogP) is 15.4. The summed E-state index contributed by atoms with van der Waals surface area (Å²) in [7, 11) is 1.44. The van der Waals surface area contributed by atoms with E-state index < -0.39 is 48.8 Å². The number of hydrogen-bond acceptors (Lipinski definition) is 14. The van der Waals surface area contributed by atoms with E-state index in [4.69, 9.17) is 4.74 Å². The molecular weight excluding hydrogens is 1460 g/mol. The standard InChI is InChI=1S/C97H158N6O13/c1-50(62-18-22-66-87-71(47-78(108)94(62,66)9)91(6)35-31-59(39-55(91)43-75(87)105)100-84(114)28-16-52(3)64-20-24-68-89-73(49-80(110)96(64,68)11)93(8)37-33-61(102-103-98)41-57(93)45-77(89)107)14-26-82(112)99-58-30-34-90(5)54(38-58)42-74(104)86-67-23-19-63(95(67,10)79(109)46-70(86)90)51(2)15-27-83(113)101-60-32-36-92(7)56(40-60)44-76(106)88-69-25-21-65(53(4)17-29-85(115)116-13)97(69,12)81(111)48-72(88)92/h50-81,86-89,104-111H,14-49H2,1-13H3,(H,99,112)(H,100,114)(H,101,113)/t50-,51-,52-,53-,54+,55+,56+,57+,58-,59-,60-,61-,62?,63?,64?,65?,66?,67?,68?,69?,70?,71?,72?,73?,74+,75+,76+,77+,78?,79?,80?,81?,86-,87-,88-,89-,90?,91?,92?,93?,94?,95?,96?,97?/m1/s1. The Morgan fingerprint density at radius 3 is 0.888 bits per heavy atom. The number of methoxy groups -OCH3 is 1. The van der Waals surface area contributed by atoms with Gasteiger partial charge in [-0.2, -0.15) is 0 Å². The fourth-order valence-corrected chi connectivity index (χ4v) is 36.4. The topological polar surface area (TPSA) is 324 Å². The average molecular weight is 1620 g/mol. The van der Waals surface area contributed by atoms with Gasteiger partial charge in [-0.3, -0.25) is 19.2 Å². The number of nitrogens with one attached hydrogen (secondary N) is 3. The van der Waals surface area contributed by atoms with Crippen LogP contribution in [-0.4, -0.2) is 145 Å². The second kappa shape index (κ2) is 32.1.